The fraction of sp³-hybridized carbons (Fsp3) is 0.412. The zero-order chi connectivity index (χ0) is 16.1. The Bertz CT molecular complexity index is 800. The highest BCUT2D eigenvalue weighted by molar-refractivity contribution is 6.35. The second kappa shape index (κ2) is 5.53. The van der Waals surface area contributed by atoms with E-state index in [1.165, 1.54) is 0 Å². The largest absolute Gasteiger partial charge is 0.461 e. The Morgan fingerprint density at radius 3 is 2.87 bits per heavy atom. The SMILES string of the molecule is CCOC(=O)c1nn(-c2ccc(Cl)cc2Cl)c2c1C1CCC2C1. The average Bonchev–Trinajstić information content (AvgIpc) is 3.19. The number of esters is 1. The first-order valence-electron chi connectivity index (χ1n) is 7.85. The van der Waals surface area contributed by atoms with Crippen LogP contribution in [0, 0.1) is 0 Å². The van der Waals surface area contributed by atoms with Crippen LogP contribution in [-0.4, -0.2) is 22.4 Å². The Morgan fingerprint density at radius 2 is 2.13 bits per heavy atom. The maximum atomic E-state index is 12.3. The number of nitrogens with zero attached hydrogens (tertiary/aromatic N) is 2. The third-order valence-corrected chi connectivity index (χ3v) is 5.33. The van der Waals surface area contributed by atoms with Crippen molar-refractivity contribution in [3.05, 3.63) is 45.2 Å². The molecule has 1 heterocycles. The van der Waals surface area contributed by atoms with Gasteiger partial charge in [-0.3, -0.25) is 0 Å². The van der Waals surface area contributed by atoms with Gasteiger partial charge >= 0.3 is 5.97 Å². The first-order valence-corrected chi connectivity index (χ1v) is 8.61. The number of hydrogen-bond acceptors (Lipinski definition) is 3. The lowest BCUT2D eigenvalue weighted by Crippen LogP contribution is -2.09. The highest BCUT2D eigenvalue weighted by atomic mass is 35.5. The zero-order valence-electron chi connectivity index (χ0n) is 12.7. The molecule has 1 fully saturated rings. The Morgan fingerprint density at radius 1 is 1.35 bits per heavy atom. The predicted octanol–water partition coefficient (Wildman–Crippen LogP) is 4.72. The van der Waals surface area contributed by atoms with Crippen molar-refractivity contribution in [2.75, 3.05) is 6.61 Å². The van der Waals surface area contributed by atoms with E-state index in [9.17, 15) is 4.79 Å². The van der Waals surface area contributed by atoms with Crippen LogP contribution in [0.1, 0.15) is 59.8 Å². The summed E-state index contributed by atoms with van der Waals surface area (Å²) in [6.45, 7) is 2.15. The van der Waals surface area contributed by atoms with Crippen molar-refractivity contribution >= 4 is 29.2 Å². The molecule has 120 valence electrons. The number of rotatable bonds is 3. The molecular weight excluding hydrogens is 335 g/mol. The molecule has 0 N–H and O–H groups in total. The fourth-order valence-electron chi connectivity index (χ4n) is 3.92. The number of aromatic nitrogens is 2. The van der Waals surface area contributed by atoms with Crippen LogP contribution in [0.4, 0.5) is 0 Å². The van der Waals surface area contributed by atoms with Crippen LogP contribution in [-0.2, 0) is 4.74 Å². The van der Waals surface area contributed by atoms with Crippen LogP contribution in [0.5, 0.6) is 0 Å². The van der Waals surface area contributed by atoms with E-state index < -0.39 is 0 Å². The quantitative estimate of drug-likeness (QED) is 0.752. The second-order valence-electron chi connectivity index (χ2n) is 6.08. The number of carbonyl (C=O) groups is 1. The van der Waals surface area contributed by atoms with Crippen LogP contribution >= 0.6 is 23.2 Å². The highest BCUT2D eigenvalue weighted by Crippen LogP contribution is 2.55. The van der Waals surface area contributed by atoms with E-state index in [0.717, 1.165) is 36.2 Å². The molecule has 4 rings (SSSR count). The van der Waals surface area contributed by atoms with Gasteiger partial charge in [0.05, 0.1) is 23.0 Å². The van der Waals surface area contributed by atoms with Crippen molar-refractivity contribution in [1.29, 1.82) is 0 Å². The summed E-state index contributed by atoms with van der Waals surface area (Å²) in [6.07, 6.45) is 3.34. The van der Waals surface area contributed by atoms with Crippen LogP contribution in [0.3, 0.4) is 0 Å². The molecule has 2 atom stereocenters. The van der Waals surface area contributed by atoms with Gasteiger partial charge in [-0.15, -0.1) is 0 Å². The van der Waals surface area contributed by atoms with E-state index in [4.69, 9.17) is 27.9 Å². The molecule has 2 unspecified atom stereocenters. The highest BCUT2D eigenvalue weighted by Gasteiger charge is 2.44. The Labute approximate surface area is 144 Å². The molecule has 6 heteroatoms. The van der Waals surface area contributed by atoms with E-state index in [-0.39, 0.29) is 5.97 Å². The van der Waals surface area contributed by atoms with Gasteiger partial charge in [0.25, 0.3) is 0 Å². The van der Waals surface area contributed by atoms with Crippen molar-refractivity contribution in [3.8, 4) is 5.69 Å². The van der Waals surface area contributed by atoms with E-state index in [1.807, 2.05) is 10.7 Å². The third-order valence-electron chi connectivity index (χ3n) is 4.79. The minimum Gasteiger partial charge on any atom is -0.461 e. The number of benzene rings is 1. The predicted molar refractivity (Wildman–Crippen MR) is 88.9 cm³/mol. The molecule has 1 saturated carbocycles. The average molecular weight is 351 g/mol. The zero-order valence-corrected chi connectivity index (χ0v) is 14.2. The molecule has 4 nitrogen and oxygen atoms in total. The van der Waals surface area contributed by atoms with E-state index in [2.05, 4.69) is 5.10 Å². The summed E-state index contributed by atoms with van der Waals surface area (Å²) in [5, 5.41) is 5.67. The van der Waals surface area contributed by atoms with E-state index in [1.54, 1.807) is 19.1 Å². The maximum Gasteiger partial charge on any atom is 0.359 e. The van der Waals surface area contributed by atoms with Gasteiger partial charge in [0, 0.05) is 16.5 Å². The van der Waals surface area contributed by atoms with Gasteiger partial charge in [0.1, 0.15) is 0 Å². The number of carbonyl (C=O) groups excluding carboxylic acids is 1. The van der Waals surface area contributed by atoms with Crippen molar-refractivity contribution < 1.29 is 9.53 Å². The van der Waals surface area contributed by atoms with Gasteiger partial charge in [-0.1, -0.05) is 23.2 Å². The molecule has 0 saturated heterocycles. The van der Waals surface area contributed by atoms with Gasteiger partial charge in [-0.2, -0.15) is 5.10 Å². The third kappa shape index (κ3) is 2.27. The molecule has 2 bridgehead atoms. The molecule has 1 aromatic heterocycles. The first kappa shape index (κ1) is 15.0. The molecule has 0 spiro atoms. The van der Waals surface area contributed by atoms with E-state index in [0.29, 0.717) is 34.2 Å². The molecule has 0 radical (unpaired) electrons. The van der Waals surface area contributed by atoms with Crippen LogP contribution in [0.15, 0.2) is 18.2 Å². The molecule has 23 heavy (non-hydrogen) atoms. The molecule has 2 aliphatic rings. The summed E-state index contributed by atoms with van der Waals surface area (Å²) in [5.74, 6) is 0.506. The van der Waals surface area contributed by atoms with Gasteiger partial charge < -0.3 is 4.74 Å². The molecule has 0 aliphatic heterocycles. The van der Waals surface area contributed by atoms with Crippen molar-refractivity contribution in [2.45, 2.75) is 38.0 Å². The summed E-state index contributed by atoms with van der Waals surface area (Å²) in [6, 6.07) is 5.33. The van der Waals surface area contributed by atoms with Crippen LogP contribution in [0.25, 0.3) is 5.69 Å². The number of hydrogen-bond donors (Lipinski definition) is 0. The van der Waals surface area contributed by atoms with Gasteiger partial charge in [-0.25, -0.2) is 9.48 Å². The topological polar surface area (TPSA) is 44.1 Å². The molecule has 2 aliphatic carbocycles. The van der Waals surface area contributed by atoms with Crippen molar-refractivity contribution in [1.82, 2.24) is 9.78 Å². The minimum atomic E-state index is -0.347. The molecule has 1 aromatic carbocycles. The van der Waals surface area contributed by atoms with Crippen LogP contribution in [0.2, 0.25) is 10.0 Å². The van der Waals surface area contributed by atoms with Gasteiger partial charge in [0.2, 0.25) is 0 Å². The summed E-state index contributed by atoms with van der Waals surface area (Å²) in [4.78, 5) is 12.3. The normalized spacial score (nSPS) is 21.5. The van der Waals surface area contributed by atoms with Gasteiger partial charge in [-0.05, 0) is 50.3 Å². The smallest absolute Gasteiger partial charge is 0.359 e. The summed E-state index contributed by atoms with van der Waals surface area (Å²) in [5.41, 5.74) is 3.38. The number of halogens is 2. The Hall–Kier alpha value is -1.52. The van der Waals surface area contributed by atoms with E-state index >= 15 is 0 Å². The lowest BCUT2D eigenvalue weighted by atomic mass is 9.95. The Balaban J connectivity index is 1.90. The molecule has 0 amide bonds. The number of fused-ring (bicyclic) bond motifs is 5. The van der Waals surface area contributed by atoms with Crippen molar-refractivity contribution in [2.24, 2.45) is 0 Å². The summed E-state index contributed by atoms with van der Waals surface area (Å²) in [7, 11) is 0. The van der Waals surface area contributed by atoms with Crippen molar-refractivity contribution in [3.63, 3.8) is 0 Å². The number of ether oxygens (including phenoxy) is 1. The van der Waals surface area contributed by atoms with Gasteiger partial charge in [0.15, 0.2) is 5.69 Å². The Kier molecular flexibility index (Phi) is 3.62. The first-order chi connectivity index (χ1) is 11.1. The standard InChI is InChI=1S/C17H16Cl2N2O2/c1-2-23-17(22)15-14-9-3-4-10(7-9)16(14)21(20-15)13-6-5-11(18)8-12(13)19/h5-6,8-10H,2-4,7H2,1H3. The monoisotopic (exact) mass is 350 g/mol. The lowest BCUT2D eigenvalue weighted by Gasteiger charge is -2.14. The molecular formula is C17H16Cl2N2O2. The maximum absolute atomic E-state index is 12.3. The molecule has 2 aromatic rings. The van der Waals surface area contributed by atoms with Crippen LogP contribution < -0.4 is 0 Å². The lowest BCUT2D eigenvalue weighted by molar-refractivity contribution is 0.0517. The second-order valence-corrected chi connectivity index (χ2v) is 6.93. The fourth-order valence-corrected chi connectivity index (χ4v) is 4.41. The summed E-state index contributed by atoms with van der Waals surface area (Å²) < 4.78 is 7.01. The minimum absolute atomic E-state index is 0.344. The summed E-state index contributed by atoms with van der Waals surface area (Å²) >= 11 is 12.3.